The molecule has 12 heteroatoms. The van der Waals surface area contributed by atoms with Crippen LogP contribution in [-0.4, -0.2) is 62.3 Å². The molecule has 0 aromatic carbocycles. The first-order valence-corrected chi connectivity index (χ1v) is 11.8. The lowest BCUT2D eigenvalue weighted by molar-refractivity contribution is 0.0904. The Bertz CT molecular complexity index is 1080. The Balaban J connectivity index is 1.58. The second-order valence-electron chi connectivity index (χ2n) is 7.34. The Morgan fingerprint density at radius 3 is 2.80 bits per heavy atom. The maximum atomic E-state index is 12.5. The number of rotatable bonds is 6. The van der Waals surface area contributed by atoms with E-state index in [4.69, 9.17) is 10.5 Å². The summed E-state index contributed by atoms with van der Waals surface area (Å²) in [6.45, 7) is 5.48. The third-order valence-electron chi connectivity index (χ3n) is 4.94. The van der Waals surface area contributed by atoms with Crippen molar-refractivity contribution in [2.75, 3.05) is 42.4 Å². The molecule has 30 heavy (non-hydrogen) atoms. The molecule has 3 aromatic heterocycles. The lowest BCUT2D eigenvalue weighted by atomic mass is 10.1. The molecular weight excluding hydrogens is 407 g/mol. The van der Waals surface area contributed by atoms with Gasteiger partial charge in [-0.2, -0.15) is 9.97 Å². The number of H-pyrrole nitrogens is 1. The summed E-state index contributed by atoms with van der Waals surface area (Å²) in [4.78, 5) is 29.1. The van der Waals surface area contributed by atoms with E-state index in [1.807, 2.05) is 25.5 Å². The standard InChI is InChI=1S/C18H25N8O3P/c1-30(2)26(28)17-23-15(19)14-16(24-17)25(18(27)22-14)10-11-3-4-13(20-9-11)21-12-5-7-29-8-6-12/h3-4,9,12,28H,5-8,10H2,1-2H3,(H,20,21)(H,22,27)(H2,19,23,24). The van der Waals surface area contributed by atoms with Crippen LogP contribution in [0.4, 0.5) is 17.6 Å². The predicted octanol–water partition coefficient (Wildman–Crippen LogP) is 1.59. The molecule has 4 heterocycles. The van der Waals surface area contributed by atoms with Gasteiger partial charge < -0.3 is 20.8 Å². The zero-order chi connectivity index (χ0) is 21.3. The molecule has 0 radical (unpaired) electrons. The lowest BCUT2D eigenvalue weighted by Crippen LogP contribution is -2.28. The van der Waals surface area contributed by atoms with Crippen LogP contribution in [-0.2, 0) is 11.3 Å². The number of nitrogens with two attached hydrogens (primary N) is 1. The van der Waals surface area contributed by atoms with Gasteiger partial charge in [-0.15, -0.1) is 0 Å². The number of aromatic amines is 1. The minimum atomic E-state index is -0.882. The molecule has 0 saturated carbocycles. The first-order chi connectivity index (χ1) is 14.4. The summed E-state index contributed by atoms with van der Waals surface area (Å²) in [5.41, 5.74) is 7.15. The number of aromatic nitrogens is 5. The van der Waals surface area contributed by atoms with Gasteiger partial charge in [0, 0.05) is 33.5 Å². The fourth-order valence-electron chi connectivity index (χ4n) is 3.29. The van der Waals surface area contributed by atoms with Crippen molar-refractivity contribution in [3.05, 3.63) is 34.4 Å². The fourth-order valence-corrected chi connectivity index (χ4v) is 3.74. The Morgan fingerprint density at radius 2 is 2.13 bits per heavy atom. The molecule has 0 amide bonds. The summed E-state index contributed by atoms with van der Waals surface area (Å²) in [5.74, 6) is 0.967. The van der Waals surface area contributed by atoms with Crippen LogP contribution in [0, 0.1) is 0 Å². The molecule has 0 unspecified atom stereocenters. The smallest absolute Gasteiger partial charge is 0.328 e. The first kappa shape index (κ1) is 20.5. The van der Waals surface area contributed by atoms with Gasteiger partial charge in [-0.1, -0.05) is 6.07 Å². The van der Waals surface area contributed by atoms with Gasteiger partial charge in [-0.25, -0.2) is 14.6 Å². The zero-order valence-electron chi connectivity index (χ0n) is 16.9. The molecule has 4 rings (SSSR count). The van der Waals surface area contributed by atoms with Gasteiger partial charge in [0.15, 0.2) is 11.5 Å². The van der Waals surface area contributed by atoms with E-state index in [0.29, 0.717) is 17.2 Å². The van der Waals surface area contributed by atoms with E-state index in [9.17, 15) is 10.0 Å². The molecule has 1 saturated heterocycles. The van der Waals surface area contributed by atoms with Gasteiger partial charge in [-0.3, -0.25) is 9.77 Å². The average Bonchev–Trinajstić information content (AvgIpc) is 3.05. The third-order valence-corrected chi connectivity index (χ3v) is 5.87. The monoisotopic (exact) mass is 432 g/mol. The molecule has 11 nitrogen and oxygen atoms in total. The molecule has 1 aliphatic heterocycles. The highest BCUT2D eigenvalue weighted by atomic mass is 31.1. The highest BCUT2D eigenvalue weighted by Crippen LogP contribution is 2.33. The van der Waals surface area contributed by atoms with Crippen molar-refractivity contribution in [3.8, 4) is 0 Å². The van der Waals surface area contributed by atoms with Crippen LogP contribution in [0.5, 0.6) is 0 Å². The van der Waals surface area contributed by atoms with Crippen molar-refractivity contribution in [1.82, 2.24) is 24.5 Å². The number of hydrogen-bond donors (Lipinski definition) is 4. The summed E-state index contributed by atoms with van der Waals surface area (Å²) in [6, 6.07) is 4.17. The molecule has 0 bridgehead atoms. The minimum Gasteiger partial charge on any atom is -0.382 e. The van der Waals surface area contributed by atoms with Gasteiger partial charge in [0.25, 0.3) is 5.95 Å². The Morgan fingerprint density at radius 1 is 1.37 bits per heavy atom. The lowest BCUT2D eigenvalue weighted by Gasteiger charge is -2.23. The summed E-state index contributed by atoms with van der Waals surface area (Å²) in [5, 5.41) is 13.6. The summed E-state index contributed by atoms with van der Waals surface area (Å²) in [6.07, 6.45) is 3.64. The van der Waals surface area contributed by atoms with Crippen molar-refractivity contribution in [1.29, 1.82) is 0 Å². The van der Waals surface area contributed by atoms with Crippen molar-refractivity contribution >= 4 is 36.8 Å². The van der Waals surface area contributed by atoms with Crippen molar-refractivity contribution in [2.24, 2.45) is 0 Å². The second kappa shape index (κ2) is 8.55. The van der Waals surface area contributed by atoms with Gasteiger partial charge >= 0.3 is 5.69 Å². The Hall–Kier alpha value is -2.75. The topological polar surface area (TPSA) is 147 Å². The molecule has 0 aliphatic carbocycles. The van der Waals surface area contributed by atoms with Crippen LogP contribution in [0.2, 0.25) is 0 Å². The number of pyridine rings is 1. The Kier molecular flexibility index (Phi) is 5.85. The van der Waals surface area contributed by atoms with E-state index < -0.39 is 8.07 Å². The normalized spacial score (nSPS) is 15.1. The molecule has 1 fully saturated rings. The summed E-state index contributed by atoms with van der Waals surface area (Å²) < 4.78 is 6.83. The van der Waals surface area contributed by atoms with E-state index in [-0.39, 0.29) is 24.0 Å². The van der Waals surface area contributed by atoms with E-state index in [1.165, 1.54) is 4.57 Å². The number of ether oxygens (including phenoxy) is 1. The molecule has 0 spiro atoms. The molecule has 0 atom stereocenters. The van der Waals surface area contributed by atoms with E-state index in [0.717, 1.165) is 42.3 Å². The highest BCUT2D eigenvalue weighted by Gasteiger charge is 2.19. The van der Waals surface area contributed by atoms with Gasteiger partial charge in [0.2, 0.25) is 0 Å². The van der Waals surface area contributed by atoms with Crippen LogP contribution in [0.1, 0.15) is 18.4 Å². The molecule has 5 N–H and O–H groups in total. The van der Waals surface area contributed by atoms with Crippen molar-refractivity contribution in [2.45, 2.75) is 25.4 Å². The van der Waals surface area contributed by atoms with Crippen LogP contribution in [0.3, 0.4) is 0 Å². The van der Waals surface area contributed by atoms with Gasteiger partial charge in [0.1, 0.15) is 11.3 Å². The largest absolute Gasteiger partial charge is 0.382 e. The molecule has 1 aliphatic rings. The number of fused-ring (bicyclic) bond motifs is 1. The number of nitrogen functional groups attached to an aromatic ring is 1. The second-order valence-corrected chi connectivity index (χ2v) is 9.42. The van der Waals surface area contributed by atoms with Gasteiger partial charge in [-0.05, 0) is 37.8 Å². The zero-order valence-corrected chi connectivity index (χ0v) is 17.8. The number of hydrogen-bond acceptors (Lipinski definition) is 9. The number of imidazole rings is 1. The van der Waals surface area contributed by atoms with E-state index in [1.54, 1.807) is 6.20 Å². The van der Waals surface area contributed by atoms with Crippen LogP contribution < -0.4 is 21.6 Å². The van der Waals surface area contributed by atoms with E-state index in [2.05, 4.69) is 25.3 Å². The van der Waals surface area contributed by atoms with Crippen LogP contribution in [0.25, 0.3) is 11.2 Å². The number of nitrogens with zero attached hydrogens (tertiary/aromatic N) is 5. The summed E-state index contributed by atoms with van der Waals surface area (Å²) >= 11 is 0. The molecule has 3 aromatic rings. The summed E-state index contributed by atoms with van der Waals surface area (Å²) in [7, 11) is -0.882. The van der Waals surface area contributed by atoms with E-state index >= 15 is 0 Å². The minimum absolute atomic E-state index is 0.0676. The number of anilines is 3. The fraction of sp³-hybridized carbons (Fsp3) is 0.444. The predicted molar refractivity (Wildman–Crippen MR) is 116 cm³/mol. The third kappa shape index (κ3) is 4.23. The SMILES string of the molecule is CP(C)N(O)c1nc(N)c2[nH]c(=O)n(Cc3ccc(NC4CCOCC4)nc3)c2n1. The average molecular weight is 432 g/mol. The maximum absolute atomic E-state index is 12.5. The Labute approximate surface area is 174 Å². The molecule has 160 valence electrons. The molecular formula is C18H25N8O3P. The highest BCUT2D eigenvalue weighted by molar-refractivity contribution is 7.57. The van der Waals surface area contributed by atoms with Crippen LogP contribution in [0.15, 0.2) is 23.1 Å². The number of nitrogens with one attached hydrogen (secondary N) is 2. The quantitative estimate of drug-likeness (QED) is 0.337. The van der Waals surface area contributed by atoms with Crippen molar-refractivity contribution < 1.29 is 9.94 Å². The first-order valence-electron chi connectivity index (χ1n) is 9.64. The van der Waals surface area contributed by atoms with Gasteiger partial charge in [0.05, 0.1) is 6.54 Å². The van der Waals surface area contributed by atoms with Crippen molar-refractivity contribution in [3.63, 3.8) is 0 Å². The van der Waals surface area contributed by atoms with Crippen LogP contribution >= 0.6 is 8.07 Å². The maximum Gasteiger partial charge on any atom is 0.328 e.